The molecular weight excluding hydrogens is 1980 g/mol. The number of fused-ring (bicyclic) bond motifs is 4. The summed E-state index contributed by atoms with van der Waals surface area (Å²) < 4.78 is 160. The van der Waals surface area contributed by atoms with Crippen LogP contribution in [-0.4, -0.2) is 333 Å². The number of hydrogen-bond acceptors (Lipinski definition) is 35. The molecule has 0 bridgehead atoms. The number of aryl methyl sites for hydroxylation is 1. The number of anilines is 12. The monoisotopic (exact) mass is 2100 g/mol. The molecule has 14 heterocycles. The molecule has 6 aliphatic heterocycles. The number of morpholine rings is 3. The second kappa shape index (κ2) is 48.7. The van der Waals surface area contributed by atoms with E-state index in [1.807, 2.05) is 13.1 Å². The third kappa shape index (κ3) is 25.0. The van der Waals surface area contributed by atoms with Gasteiger partial charge in [-0.3, -0.25) is 4.90 Å². The molecule has 0 atom stereocenters. The summed E-state index contributed by atoms with van der Waals surface area (Å²) in [5.74, 6) is 5.21. The SMILES string of the molecule is CCCNc1nc(Nc2ccc(S(=O)(=O)N3CCC(N4CCCCC4)CC3)cc2OC)nc2[nH]cc(Cl)c12.CCCNc1nc(Nc2ccc(S(=O)(=O)N3CCOCC3)cc2OC)nc2[nH]cc(C)c12.COCCNc1nc(Nc2ccc(S(=O)(=O)N3CCC(N4CCOCC4)CC3)cc2OC)nc2[nH]cc(Cl)c12.COCCNc1nc(Nc2ccc(S(=O)(=O)N3CCOCC3)cc2OC)nc2[nH]cc(Cl)c12. The maximum absolute atomic E-state index is 13.5. The van der Waals surface area contributed by atoms with Crippen LogP contribution >= 0.6 is 34.8 Å². The van der Waals surface area contributed by atoms with Crippen molar-refractivity contribution in [3.05, 3.63) is 118 Å². The molecule has 12 aromatic rings. The Morgan fingerprint density at radius 3 is 0.930 bits per heavy atom. The van der Waals surface area contributed by atoms with Gasteiger partial charge in [-0.15, -0.1) is 0 Å². The van der Waals surface area contributed by atoms with Gasteiger partial charge < -0.3 is 110 Å². The standard InChI is InChI=1S/C26H36ClN7O3S.C25H34ClN7O5S.C21H28N6O4S.C20H25ClN6O5S/c1-3-11-28-24-23-20(27)17-29-25(23)32-26(31-24)30-21-8-7-19(16-22(21)37-2)38(35,36)34-14-9-18(10-15-34)33-12-5-4-6-13-33;1-36-12-7-27-23-22-19(26)16-28-24(22)31-25(30-23)29-20-4-3-18(15-21(20)37-2)39(34,35)33-8-5-17(6-9-33)32-10-13-38-14-11-32;1-4-7-22-19-18-14(2)13-23-20(18)26-21(25-19)24-16-6-5-15(12-17(16)30-3)32(28,29)27-8-10-31-11-9-27;1-30-8-5-22-18-17-14(21)12-23-19(17)26-20(25-18)24-15-4-3-13(11-16(15)31-2)33(28,29)27-6-9-32-10-7-27/h7-8,16-18H,3-6,9-15H2,1-2H3,(H3,28,29,30,31,32);3-4,15-17H,5-14H2,1-2H3,(H3,27,28,29,30,31);5-6,12-13H,4,7-11H2,1-3H3,(H3,22,23,24,25,26);3-4,11-12H,5-10H2,1-2H3,(H3,22,23,24,25,26). The van der Waals surface area contributed by atoms with Crippen molar-refractivity contribution in [2.24, 2.45) is 0 Å². The van der Waals surface area contributed by atoms with Crippen LogP contribution in [0.15, 0.2) is 117 Å². The Morgan fingerprint density at radius 2 is 0.627 bits per heavy atom. The number of likely N-dealkylation sites (tertiary alicyclic amines) is 1. The van der Waals surface area contributed by atoms with Gasteiger partial charge >= 0.3 is 0 Å². The minimum atomic E-state index is -3.67. The van der Waals surface area contributed by atoms with Gasteiger partial charge in [0, 0.05) is 167 Å². The van der Waals surface area contributed by atoms with Crippen molar-refractivity contribution < 1.29 is 76.3 Å². The molecule has 50 heteroatoms. The Morgan fingerprint density at radius 1 is 0.352 bits per heavy atom. The van der Waals surface area contributed by atoms with E-state index >= 15 is 0 Å². The highest BCUT2D eigenvalue weighted by atomic mass is 35.5. The van der Waals surface area contributed by atoms with E-state index in [0.717, 1.165) is 113 Å². The van der Waals surface area contributed by atoms with E-state index in [9.17, 15) is 33.7 Å². The van der Waals surface area contributed by atoms with Gasteiger partial charge in [-0.05, 0) is 125 Å². The predicted molar refractivity (Wildman–Crippen MR) is 549 cm³/mol. The molecule has 0 amide bonds. The summed E-state index contributed by atoms with van der Waals surface area (Å²) in [5, 5.41) is 30.2. The van der Waals surface area contributed by atoms with Gasteiger partial charge in [-0.25, -0.2) is 33.7 Å². The lowest BCUT2D eigenvalue weighted by Crippen LogP contribution is -2.50. The number of nitrogens with one attached hydrogen (secondary N) is 12. The van der Waals surface area contributed by atoms with Crippen molar-refractivity contribution in [1.82, 2.24) is 86.8 Å². The molecule has 768 valence electrons. The largest absolute Gasteiger partial charge is 0.495 e. The van der Waals surface area contributed by atoms with Gasteiger partial charge in [0.25, 0.3) is 0 Å². The Kier molecular flexibility index (Phi) is 36.2. The maximum atomic E-state index is 13.5. The number of H-pyrrole nitrogens is 4. The summed E-state index contributed by atoms with van der Waals surface area (Å²) in [5.41, 5.74) is 5.63. The lowest BCUT2D eigenvalue weighted by atomic mass is 10.0. The third-order valence-electron chi connectivity index (χ3n) is 24.9. The summed E-state index contributed by atoms with van der Waals surface area (Å²) in [6.07, 6.45) is 15.9. The number of aromatic nitrogens is 12. The highest BCUT2D eigenvalue weighted by Gasteiger charge is 2.37. The number of methoxy groups -OCH3 is 6. The highest BCUT2D eigenvalue weighted by Crippen LogP contribution is 2.41. The number of piperidine rings is 3. The normalized spacial score (nSPS) is 16.6. The Hall–Kier alpha value is -10.8. The number of ether oxygens (including phenoxy) is 9. The van der Waals surface area contributed by atoms with Crippen molar-refractivity contribution in [2.75, 3.05) is 243 Å². The molecule has 43 nitrogen and oxygen atoms in total. The second-order valence-electron chi connectivity index (χ2n) is 34.0. The Labute approximate surface area is 840 Å². The van der Waals surface area contributed by atoms with Crippen LogP contribution in [0.2, 0.25) is 15.1 Å². The van der Waals surface area contributed by atoms with Gasteiger partial charge in [0.05, 0.1) is 160 Å². The molecule has 18 rings (SSSR count). The molecule has 0 radical (unpaired) electrons. The quantitative estimate of drug-likeness (QED) is 0.0162. The van der Waals surface area contributed by atoms with Gasteiger partial charge in [0.15, 0.2) is 0 Å². The van der Waals surface area contributed by atoms with Crippen LogP contribution in [0, 0.1) is 6.92 Å². The van der Waals surface area contributed by atoms with Crippen molar-refractivity contribution in [3.63, 3.8) is 0 Å². The number of rotatable bonds is 36. The minimum Gasteiger partial charge on any atom is -0.495 e. The van der Waals surface area contributed by atoms with Crippen molar-refractivity contribution in [2.45, 2.75) is 110 Å². The summed E-state index contributed by atoms with van der Waals surface area (Å²) in [4.78, 5) is 54.4. The first kappa shape index (κ1) is 105. The Balaban J connectivity index is 0.000000143. The first-order chi connectivity index (χ1) is 68.7. The summed E-state index contributed by atoms with van der Waals surface area (Å²) >= 11 is 18.9. The average Bonchev–Trinajstić information content (AvgIpc) is 1.72. The summed E-state index contributed by atoms with van der Waals surface area (Å²) in [6.45, 7) is 20.1. The maximum Gasteiger partial charge on any atom is 0.243 e. The van der Waals surface area contributed by atoms with E-state index in [4.69, 9.17) is 77.4 Å². The first-order valence-electron chi connectivity index (χ1n) is 47.1. The van der Waals surface area contributed by atoms with Crippen molar-refractivity contribution in [1.29, 1.82) is 0 Å². The molecule has 4 aromatic carbocycles. The highest BCUT2D eigenvalue weighted by molar-refractivity contribution is 7.90. The molecule has 6 aliphatic rings. The van der Waals surface area contributed by atoms with Gasteiger partial charge in [0.2, 0.25) is 63.9 Å². The van der Waals surface area contributed by atoms with Crippen LogP contribution in [0.25, 0.3) is 44.1 Å². The molecule has 6 saturated heterocycles. The summed E-state index contributed by atoms with van der Waals surface area (Å²) in [7, 11) is -5.37. The van der Waals surface area contributed by atoms with Gasteiger partial charge in [-0.2, -0.15) is 57.1 Å². The predicted octanol–water partition coefficient (Wildman–Crippen LogP) is 13.0. The minimum absolute atomic E-state index is 0.140. The topological polar surface area (TPSA) is 502 Å². The smallest absolute Gasteiger partial charge is 0.243 e. The molecule has 8 aromatic heterocycles. The molecule has 12 N–H and O–H groups in total. The van der Waals surface area contributed by atoms with Gasteiger partial charge in [0.1, 0.15) is 68.9 Å². The number of aromatic amines is 4. The molecular formula is C92H123Cl3N26O17S4. The Bertz CT molecular complexity index is 6790. The number of sulfonamides is 4. The molecule has 0 aliphatic carbocycles. The van der Waals surface area contributed by atoms with Crippen molar-refractivity contribution >= 4 is 189 Å². The van der Waals surface area contributed by atoms with E-state index in [1.54, 1.807) is 90.0 Å². The van der Waals surface area contributed by atoms with Crippen LogP contribution in [0.3, 0.4) is 0 Å². The average molecular weight is 2100 g/mol. The van der Waals surface area contributed by atoms with E-state index in [2.05, 4.69) is 126 Å². The number of halogens is 3. The zero-order valence-corrected chi connectivity index (χ0v) is 86.2. The lowest BCUT2D eigenvalue weighted by molar-refractivity contribution is 0.00610. The number of hydrogen-bond donors (Lipinski definition) is 12. The number of nitrogens with zero attached hydrogens (tertiary/aromatic N) is 14. The van der Waals surface area contributed by atoms with E-state index in [1.165, 1.54) is 80.6 Å². The van der Waals surface area contributed by atoms with Crippen LogP contribution in [-0.2, 0) is 63.8 Å². The molecule has 0 saturated carbocycles. The van der Waals surface area contributed by atoms with E-state index in [-0.39, 0.29) is 25.5 Å². The molecule has 6 fully saturated rings. The second-order valence-corrected chi connectivity index (χ2v) is 43.0. The first-order valence-corrected chi connectivity index (χ1v) is 54.0. The van der Waals surface area contributed by atoms with E-state index in [0.29, 0.717) is 247 Å². The van der Waals surface area contributed by atoms with Crippen molar-refractivity contribution in [3.8, 4) is 23.0 Å². The zero-order valence-electron chi connectivity index (χ0n) is 80.7. The summed E-state index contributed by atoms with van der Waals surface area (Å²) in [6, 6.07) is 19.9. The van der Waals surface area contributed by atoms with Crippen LogP contribution < -0.4 is 61.5 Å². The van der Waals surface area contributed by atoms with E-state index < -0.39 is 40.1 Å². The molecule has 0 unspecified atom stereocenters. The number of benzene rings is 4. The fraction of sp³-hybridized carbons (Fsp3) is 0.478. The van der Waals surface area contributed by atoms with Gasteiger partial charge in [-0.1, -0.05) is 55.1 Å². The van der Waals surface area contributed by atoms with Crippen LogP contribution in [0.1, 0.15) is 77.2 Å². The molecule has 142 heavy (non-hydrogen) atoms. The molecule has 0 spiro atoms. The lowest BCUT2D eigenvalue weighted by Gasteiger charge is -2.39. The third-order valence-corrected chi connectivity index (χ3v) is 33.4. The van der Waals surface area contributed by atoms with Crippen LogP contribution in [0.5, 0.6) is 23.0 Å². The fourth-order valence-corrected chi connectivity index (χ4v) is 24.0. The zero-order chi connectivity index (χ0) is 100. The fourth-order valence-electron chi connectivity index (χ4n) is 17.5. The van der Waals surface area contributed by atoms with Crippen LogP contribution in [0.4, 0.5) is 69.8 Å².